The van der Waals surface area contributed by atoms with Crippen molar-refractivity contribution in [2.24, 2.45) is 5.73 Å². The first-order valence-electron chi connectivity index (χ1n) is 8.32. The molecule has 0 saturated heterocycles. The van der Waals surface area contributed by atoms with Crippen molar-refractivity contribution in [1.82, 2.24) is 5.32 Å². The Morgan fingerprint density at radius 2 is 1.70 bits per heavy atom. The predicted octanol–water partition coefficient (Wildman–Crippen LogP) is 2.51. The Morgan fingerprint density at radius 3 is 2.22 bits per heavy atom. The van der Waals surface area contributed by atoms with Crippen LogP contribution < -0.4 is 16.4 Å². The maximum absolute atomic E-state index is 12.3. The number of Topliss-reactive ketones (excluding diaryl/α,β-unsaturated/α-hetero) is 1. The smallest absolute Gasteiger partial charge is 0.319 e. The lowest BCUT2D eigenvalue weighted by atomic mass is 10.0. The van der Waals surface area contributed by atoms with Gasteiger partial charge in [-0.05, 0) is 45.0 Å². The molecule has 0 aliphatic carbocycles. The maximum atomic E-state index is 12.3. The summed E-state index contributed by atoms with van der Waals surface area (Å²) in [4.78, 5) is 47.4. The summed E-state index contributed by atoms with van der Waals surface area (Å²) >= 11 is 3.28. The number of hydrogen-bond acceptors (Lipinski definition) is 5. The fourth-order valence-electron chi connectivity index (χ4n) is 2.10. The summed E-state index contributed by atoms with van der Waals surface area (Å²) in [5.74, 6) is -1.76. The minimum atomic E-state index is -1.12. The Kier molecular flexibility index (Phi) is 8.42. The highest BCUT2D eigenvalue weighted by Crippen LogP contribution is 2.14. The first kappa shape index (κ1) is 22.6. The van der Waals surface area contributed by atoms with E-state index in [9.17, 15) is 19.2 Å². The number of ketones is 1. The molecule has 0 fully saturated rings. The molecule has 1 atom stereocenters. The van der Waals surface area contributed by atoms with Crippen molar-refractivity contribution in [3.8, 4) is 0 Å². The number of anilines is 1. The summed E-state index contributed by atoms with van der Waals surface area (Å²) in [5.41, 5.74) is 5.01. The van der Waals surface area contributed by atoms with E-state index < -0.39 is 35.3 Å². The van der Waals surface area contributed by atoms with Crippen LogP contribution in [0.2, 0.25) is 0 Å². The molecule has 0 radical (unpaired) electrons. The Hall–Kier alpha value is -2.42. The van der Waals surface area contributed by atoms with Gasteiger partial charge in [-0.1, -0.05) is 15.9 Å². The van der Waals surface area contributed by atoms with Crippen molar-refractivity contribution in [3.63, 3.8) is 0 Å². The quantitative estimate of drug-likeness (QED) is 0.533. The van der Waals surface area contributed by atoms with Crippen molar-refractivity contribution in [2.75, 3.05) is 5.32 Å². The minimum absolute atomic E-state index is 0.151. The average Bonchev–Trinajstić information content (AvgIpc) is 2.52. The van der Waals surface area contributed by atoms with Gasteiger partial charge in [0.25, 0.3) is 0 Å². The zero-order valence-electron chi connectivity index (χ0n) is 15.5. The molecular formula is C18H24BrN3O5. The van der Waals surface area contributed by atoms with Crippen LogP contribution in [0.25, 0.3) is 0 Å². The van der Waals surface area contributed by atoms with E-state index in [0.717, 1.165) is 4.47 Å². The molecule has 0 saturated carbocycles. The largest absolute Gasteiger partial charge is 0.460 e. The van der Waals surface area contributed by atoms with Gasteiger partial charge >= 0.3 is 12.0 Å². The van der Waals surface area contributed by atoms with Gasteiger partial charge in [0.05, 0.1) is 18.9 Å². The third-order valence-electron chi connectivity index (χ3n) is 3.20. The molecule has 1 aromatic rings. The van der Waals surface area contributed by atoms with Crippen LogP contribution in [0.5, 0.6) is 0 Å². The molecule has 3 amide bonds. The van der Waals surface area contributed by atoms with Crippen LogP contribution in [0.3, 0.4) is 0 Å². The highest BCUT2D eigenvalue weighted by atomic mass is 79.9. The second-order valence-electron chi connectivity index (χ2n) is 6.88. The number of carbonyl (C=O) groups is 4. The third kappa shape index (κ3) is 9.74. The van der Waals surface area contributed by atoms with E-state index in [1.54, 1.807) is 45.0 Å². The second kappa shape index (κ2) is 10.1. The minimum Gasteiger partial charge on any atom is -0.460 e. The molecule has 0 bridgehead atoms. The van der Waals surface area contributed by atoms with Gasteiger partial charge in [-0.15, -0.1) is 0 Å². The van der Waals surface area contributed by atoms with Crippen LogP contribution in [0, 0.1) is 0 Å². The van der Waals surface area contributed by atoms with E-state index >= 15 is 0 Å². The highest BCUT2D eigenvalue weighted by molar-refractivity contribution is 9.10. The number of hydrogen-bond donors (Lipinski definition) is 3. The van der Waals surface area contributed by atoms with Gasteiger partial charge in [0.15, 0.2) is 5.78 Å². The number of nitrogens with one attached hydrogen (secondary N) is 2. The highest BCUT2D eigenvalue weighted by Gasteiger charge is 2.24. The Bertz CT molecular complexity index is 698. The summed E-state index contributed by atoms with van der Waals surface area (Å²) < 4.78 is 5.98. The molecule has 0 aliphatic heterocycles. The van der Waals surface area contributed by atoms with E-state index in [-0.39, 0.29) is 19.3 Å². The van der Waals surface area contributed by atoms with Crippen LogP contribution in [-0.2, 0) is 19.1 Å². The van der Waals surface area contributed by atoms with Gasteiger partial charge in [0.1, 0.15) is 5.60 Å². The molecule has 0 spiro atoms. The van der Waals surface area contributed by atoms with Gasteiger partial charge in [-0.25, -0.2) is 4.79 Å². The number of rotatable bonds is 8. The average molecular weight is 442 g/mol. The number of amides is 3. The zero-order valence-corrected chi connectivity index (χ0v) is 17.1. The first-order valence-corrected chi connectivity index (χ1v) is 9.11. The topological polar surface area (TPSA) is 128 Å². The van der Waals surface area contributed by atoms with E-state index in [1.807, 2.05) is 0 Å². The molecule has 0 aromatic heterocycles. The number of primary amides is 1. The second-order valence-corrected chi connectivity index (χ2v) is 7.80. The Labute approximate surface area is 166 Å². The van der Waals surface area contributed by atoms with Crippen molar-refractivity contribution in [2.45, 2.75) is 51.7 Å². The van der Waals surface area contributed by atoms with Crippen molar-refractivity contribution < 1.29 is 23.9 Å². The van der Waals surface area contributed by atoms with Crippen LogP contribution in [-0.4, -0.2) is 35.3 Å². The molecule has 27 heavy (non-hydrogen) atoms. The van der Waals surface area contributed by atoms with Crippen molar-refractivity contribution >= 4 is 45.3 Å². The van der Waals surface area contributed by atoms with Crippen LogP contribution in [0.15, 0.2) is 28.7 Å². The fourth-order valence-corrected chi connectivity index (χ4v) is 2.36. The van der Waals surface area contributed by atoms with Crippen LogP contribution >= 0.6 is 15.9 Å². The Morgan fingerprint density at radius 1 is 1.11 bits per heavy atom. The summed E-state index contributed by atoms with van der Waals surface area (Å²) in [6.07, 6.45) is -0.687. The number of urea groups is 1. The van der Waals surface area contributed by atoms with Gasteiger partial charge in [0.2, 0.25) is 5.91 Å². The van der Waals surface area contributed by atoms with Gasteiger partial charge in [-0.3, -0.25) is 14.4 Å². The summed E-state index contributed by atoms with van der Waals surface area (Å²) in [7, 11) is 0. The fraction of sp³-hybridized carbons (Fsp3) is 0.444. The molecule has 8 nitrogen and oxygen atoms in total. The van der Waals surface area contributed by atoms with Gasteiger partial charge < -0.3 is 21.1 Å². The first-order chi connectivity index (χ1) is 12.5. The van der Waals surface area contributed by atoms with E-state index in [4.69, 9.17) is 10.5 Å². The normalized spacial score (nSPS) is 12.0. The van der Waals surface area contributed by atoms with E-state index in [1.165, 1.54) is 0 Å². The number of nitrogens with two attached hydrogens (primary N) is 1. The number of halogens is 1. The number of ether oxygens (including phenoxy) is 1. The molecule has 1 unspecified atom stereocenters. The lowest BCUT2D eigenvalue weighted by molar-refractivity contribution is -0.155. The molecular weight excluding hydrogens is 418 g/mol. The number of benzene rings is 1. The standard InChI is InChI=1S/C18H24BrN3O5/c1-18(2,3)27-16(25)9-8-14(23)13(10-15(20)24)22-17(26)21-12-6-4-11(19)5-7-12/h4-7,13H,8-10H2,1-3H3,(H2,20,24)(H2,21,22,26). The van der Waals surface area contributed by atoms with Crippen molar-refractivity contribution in [3.05, 3.63) is 28.7 Å². The molecule has 1 rings (SSSR count). The number of esters is 1. The summed E-state index contributed by atoms with van der Waals surface area (Å²) in [6.45, 7) is 5.16. The SMILES string of the molecule is CC(C)(C)OC(=O)CCC(=O)C(CC(N)=O)NC(=O)Nc1ccc(Br)cc1. The Balaban J connectivity index is 2.64. The van der Waals surface area contributed by atoms with Gasteiger partial charge in [-0.2, -0.15) is 0 Å². The zero-order chi connectivity index (χ0) is 20.6. The maximum Gasteiger partial charge on any atom is 0.319 e. The van der Waals surface area contributed by atoms with Crippen molar-refractivity contribution in [1.29, 1.82) is 0 Å². The summed E-state index contributed by atoms with van der Waals surface area (Å²) in [6, 6.07) is 5.02. The van der Waals surface area contributed by atoms with Gasteiger partial charge in [0, 0.05) is 16.6 Å². The predicted molar refractivity (Wildman–Crippen MR) is 104 cm³/mol. The molecule has 1 aromatic carbocycles. The lowest BCUT2D eigenvalue weighted by Gasteiger charge is -2.20. The molecule has 0 aliphatic rings. The van der Waals surface area contributed by atoms with Crippen LogP contribution in [0.4, 0.5) is 10.5 Å². The van der Waals surface area contributed by atoms with E-state index in [0.29, 0.717) is 5.69 Å². The monoisotopic (exact) mass is 441 g/mol. The third-order valence-corrected chi connectivity index (χ3v) is 3.73. The van der Waals surface area contributed by atoms with E-state index in [2.05, 4.69) is 26.6 Å². The number of carbonyl (C=O) groups excluding carboxylic acids is 4. The lowest BCUT2D eigenvalue weighted by Crippen LogP contribution is -2.45. The molecule has 4 N–H and O–H groups in total. The molecule has 9 heteroatoms. The van der Waals surface area contributed by atoms with Crippen LogP contribution in [0.1, 0.15) is 40.0 Å². The summed E-state index contributed by atoms with van der Waals surface area (Å²) in [5, 5.41) is 4.98. The molecule has 148 valence electrons. The molecule has 0 heterocycles.